The quantitative estimate of drug-likeness (QED) is 0.356. The molecule has 0 aliphatic heterocycles. The first kappa shape index (κ1) is 26.2. The lowest BCUT2D eigenvalue weighted by molar-refractivity contribution is 0.0630. The van der Waals surface area contributed by atoms with Crippen molar-refractivity contribution in [3.8, 4) is 0 Å². The largest absolute Gasteiger partial charge is 0.393 e. The third-order valence-corrected chi connectivity index (χ3v) is 6.29. The highest BCUT2D eigenvalue weighted by molar-refractivity contribution is 5.94. The molecule has 4 aromatic rings. The van der Waals surface area contributed by atoms with Crippen molar-refractivity contribution in [2.75, 3.05) is 19.7 Å². The molecule has 0 aliphatic rings. The van der Waals surface area contributed by atoms with Gasteiger partial charge in [-0.3, -0.25) is 19.1 Å². The van der Waals surface area contributed by atoms with E-state index in [1.807, 2.05) is 56.3 Å². The summed E-state index contributed by atoms with van der Waals surface area (Å²) >= 11 is 0. The monoisotopic (exact) mass is 502 g/mol. The van der Waals surface area contributed by atoms with Crippen LogP contribution in [0.5, 0.6) is 0 Å². The number of carbonyl (C=O) groups excluding carboxylic acids is 1. The van der Waals surface area contributed by atoms with Crippen LogP contribution < -0.4 is 5.56 Å². The number of pyridine rings is 1. The molecule has 37 heavy (non-hydrogen) atoms. The van der Waals surface area contributed by atoms with Crippen LogP contribution in [0.1, 0.15) is 34.2 Å². The summed E-state index contributed by atoms with van der Waals surface area (Å²) < 4.78 is 15.9. The van der Waals surface area contributed by atoms with E-state index in [1.54, 1.807) is 35.2 Å². The Bertz CT molecular complexity index is 1410. The summed E-state index contributed by atoms with van der Waals surface area (Å²) in [6, 6.07) is 18.4. The lowest BCUT2D eigenvalue weighted by Crippen LogP contribution is -2.40. The topological polar surface area (TPSA) is 88.3 Å². The van der Waals surface area contributed by atoms with E-state index < -0.39 is 12.8 Å². The van der Waals surface area contributed by atoms with Gasteiger partial charge in [0.2, 0.25) is 0 Å². The van der Waals surface area contributed by atoms with E-state index in [1.165, 1.54) is 4.90 Å². The minimum Gasteiger partial charge on any atom is -0.393 e. The van der Waals surface area contributed by atoms with Crippen molar-refractivity contribution in [2.24, 2.45) is 5.92 Å². The minimum atomic E-state index is -1.55. The molecule has 1 N–H and O–H groups in total. The van der Waals surface area contributed by atoms with Crippen molar-refractivity contribution in [1.29, 1.82) is 0 Å². The average Bonchev–Trinajstić information content (AvgIpc) is 2.91. The molecule has 0 saturated heterocycles. The summed E-state index contributed by atoms with van der Waals surface area (Å²) in [5, 5.41) is 9.77. The number of benzene rings is 2. The Morgan fingerprint density at radius 1 is 1.08 bits per heavy atom. The molecule has 7 nitrogen and oxygen atoms in total. The second-order valence-electron chi connectivity index (χ2n) is 9.46. The SMILES string of the molecule is Cc1ccc(C(=O)N(CC(C)Cc2nc3cnccc3c(=O)n2Cc2ccccc2)CC(F)CO)cc1. The Morgan fingerprint density at radius 3 is 2.51 bits per heavy atom. The minimum absolute atomic E-state index is 0.150. The van der Waals surface area contributed by atoms with Crippen molar-refractivity contribution in [3.05, 3.63) is 106 Å². The lowest BCUT2D eigenvalue weighted by Gasteiger charge is -2.27. The van der Waals surface area contributed by atoms with Gasteiger partial charge in [-0.15, -0.1) is 0 Å². The van der Waals surface area contributed by atoms with Gasteiger partial charge in [0, 0.05) is 24.7 Å². The summed E-state index contributed by atoms with van der Waals surface area (Å²) in [5.74, 6) is 0.118. The molecule has 2 unspecified atom stereocenters. The molecule has 192 valence electrons. The third kappa shape index (κ3) is 6.46. The van der Waals surface area contributed by atoms with E-state index in [0.29, 0.717) is 35.3 Å². The van der Waals surface area contributed by atoms with E-state index in [4.69, 9.17) is 4.98 Å². The highest BCUT2D eigenvalue weighted by atomic mass is 19.1. The standard InChI is InChI=1S/C29H31FN4O3/c1-20-8-10-23(11-9-20)28(36)33(18-24(30)19-35)16-21(2)14-27-32-26-15-31-13-12-25(26)29(37)34(27)17-22-6-4-3-5-7-22/h3-13,15,21,24,35H,14,16-19H2,1-2H3. The first-order valence-electron chi connectivity index (χ1n) is 12.3. The molecule has 8 heteroatoms. The number of aliphatic hydroxyl groups is 1. The third-order valence-electron chi connectivity index (χ3n) is 6.29. The van der Waals surface area contributed by atoms with Crippen LogP contribution in [0.25, 0.3) is 10.9 Å². The molecule has 2 aromatic carbocycles. The fourth-order valence-corrected chi connectivity index (χ4v) is 4.37. The maximum Gasteiger partial charge on any atom is 0.261 e. The van der Waals surface area contributed by atoms with Crippen molar-refractivity contribution in [2.45, 2.75) is 33.0 Å². The number of hydrogen-bond donors (Lipinski definition) is 1. The molecule has 0 bridgehead atoms. The van der Waals surface area contributed by atoms with Gasteiger partial charge in [-0.05, 0) is 36.6 Å². The number of nitrogens with zero attached hydrogens (tertiary/aromatic N) is 4. The number of halogens is 1. The molecule has 4 rings (SSSR count). The highest BCUT2D eigenvalue weighted by Crippen LogP contribution is 2.16. The van der Waals surface area contributed by atoms with Gasteiger partial charge in [-0.1, -0.05) is 55.0 Å². The first-order valence-corrected chi connectivity index (χ1v) is 12.3. The molecule has 0 spiro atoms. The highest BCUT2D eigenvalue weighted by Gasteiger charge is 2.23. The molecule has 0 aliphatic carbocycles. The molecular weight excluding hydrogens is 471 g/mol. The smallest absolute Gasteiger partial charge is 0.261 e. The molecular formula is C29H31FN4O3. The van der Waals surface area contributed by atoms with Crippen LogP contribution in [0.2, 0.25) is 0 Å². The van der Waals surface area contributed by atoms with E-state index in [-0.39, 0.29) is 30.5 Å². The second-order valence-corrected chi connectivity index (χ2v) is 9.46. The molecule has 0 saturated carbocycles. The number of hydrogen-bond acceptors (Lipinski definition) is 5. The number of amides is 1. The second kappa shape index (κ2) is 11.9. The van der Waals surface area contributed by atoms with Crippen LogP contribution >= 0.6 is 0 Å². The van der Waals surface area contributed by atoms with Crippen LogP contribution in [0, 0.1) is 12.8 Å². The van der Waals surface area contributed by atoms with Crippen LogP contribution in [-0.4, -0.2) is 56.3 Å². The number of rotatable bonds is 10. The Morgan fingerprint density at radius 2 is 1.81 bits per heavy atom. The Kier molecular flexibility index (Phi) is 8.40. The molecule has 0 radical (unpaired) electrons. The zero-order chi connectivity index (χ0) is 26.4. The maximum absolute atomic E-state index is 14.2. The Balaban J connectivity index is 1.63. The number of aliphatic hydroxyl groups excluding tert-OH is 1. The predicted molar refractivity (Wildman–Crippen MR) is 141 cm³/mol. The van der Waals surface area contributed by atoms with Crippen LogP contribution in [0.3, 0.4) is 0 Å². The zero-order valence-electron chi connectivity index (χ0n) is 21.0. The number of carbonyl (C=O) groups is 1. The van der Waals surface area contributed by atoms with Gasteiger partial charge in [0.1, 0.15) is 12.0 Å². The van der Waals surface area contributed by atoms with E-state index in [0.717, 1.165) is 11.1 Å². The zero-order valence-corrected chi connectivity index (χ0v) is 21.0. The predicted octanol–water partition coefficient (Wildman–Crippen LogP) is 3.80. The number of alkyl halides is 1. The number of aromatic nitrogens is 3. The summed E-state index contributed by atoms with van der Waals surface area (Å²) in [6.45, 7) is 3.57. The lowest BCUT2D eigenvalue weighted by atomic mass is 10.0. The maximum atomic E-state index is 14.2. The Labute approximate surface area is 215 Å². The van der Waals surface area contributed by atoms with Crippen molar-refractivity contribution >= 4 is 16.8 Å². The summed E-state index contributed by atoms with van der Waals surface area (Å²) in [6.07, 6.45) is 1.98. The molecule has 1 amide bonds. The van der Waals surface area contributed by atoms with Crippen molar-refractivity contribution < 1.29 is 14.3 Å². The molecule has 2 heterocycles. The van der Waals surface area contributed by atoms with E-state index in [9.17, 15) is 19.1 Å². The van der Waals surface area contributed by atoms with Crippen LogP contribution in [0.15, 0.2) is 77.9 Å². The van der Waals surface area contributed by atoms with E-state index in [2.05, 4.69) is 4.98 Å². The van der Waals surface area contributed by atoms with E-state index >= 15 is 0 Å². The fourth-order valence-electron chi connectivity index (χ4n) is 4.37. The normalized spacial score (nSPS) is 12.9. The molecule has 0 fully saturated rings. The van der Waals surface area contributed by atoms with Crippen LogP contribution in [0.4, 0.5) is 4.39 Å². The number of fused-ring (bicyclic) bond motifs is 1. The van der Waals surface area contributed by atoms with Crippen LogP contribution in [-0.2, 0) is 13.0 Å². The summed E-state index contributed by atoms with van der Waals surface area (Å²) in [5.41, 5.74) is 2.79. The van der Waals surface area contributed by atoms with Gasteiger partial charge in [-0.2, -0.15) is 0 Å². The van der Waals surface area contributed by atoms with Gasteiger partial charge in [0.05, 0.1) is 36.8 Å². The summed E-state index contributed by atoms with van der Waals surface area (Å²) in [7, 11) is 0. The van der Waals surface area contributed by atoms with Gasteiger partial charge in [0.15, 0.2) is 0 Å². The number of aryl methyl sites for hydroxylation is 1. The Hall–Kier alpha value is -3.91. The first-order chi connectivity index (χ1) is 17.9. The van der Waals surface area contributed by atoms with Gasteiger partial charge >= 0.3 is 0 Å². The molecule has 2 atom stereocenters. The molecule has 2 aromatic heterocycles. The van der Waals surface area contributed by atoms with Gasteiger partial charge < -0.3 is 10.0 Å². The average molecular weight is 503 g/mol. The summed E-state index contributed by atoms with van der Waals surface area (Å²) in [4.78, 5) is 36.9. The van der Waals surface area contributed by atoms with Gasteiger partial charge in [0.25, 0.3) is 11.5 Å². The van der Waals surface area contributed by atoms with Gasteiger partial charge in [-0.25, -0.2) is 9.37 Å². The van der Waals surface area contributed by atoms with Crippen molar-refractivity contribution in [1.82, 2.24) is 19.4 Å². The van der Waals surface area contributed by atoms with Crippen molar-refractivity contribution in [3.63, 3.8) is 0 Å². The fraction of sp³-hybridized carbons (Fsp3) is 0.310.